The number of hydrogen-bond donors (Lipinski definition) is 1. The van der Waals surface area contributed by atoms with Gasteiger partial charge in [0.15, 0.2) is 11.0 Å². The van der Waals surface area contributed by atoms with Crippen LogP contribution in [0.1, 0.15) is 12.7 Å². The molecular formula is C19H18ClFN4O2S. The molecule has 3 rings (SSSR count). The van der Waals surface area contributed by atoms with Gasteiger partial charge in [0.1, 0.15) is 18.2 Å². The highest BCUT2D eigenvalue weighted by atomic mass is 35.5. The van der Waals surface area contributed by atoms with Crippen molar-refractivity contribution in [2.45, 2.75) is 23.9 Å². The first-order chi connectivity index (χ1) is 13.4. The number of amides is 1. The molecule has 1 aromatic heterocycles. The zero-order valence-electron chi connectivity index (χ0n) is 15.2. The average molecular weight is 421 g/mol. The summed E-state index contributed by atoms with van der Waals surface area (Å²) in [7, 11) is 1.81. The maximum atomic E-state index is 13.0. The van der Waals surface area contributed by atoms with Crippen molar-refractivity contribution in [2.24, 2.45) is 7.05 Å². The molecule has 0 spiro atoms. The molecule has 0 aliphatic rings. The number of halogens is 2. The average Bonchev–Trinajstić information content (AvgIpc) is 3.03. The molecule has 1 heterocycles. The van der Waals surface area contributed by atoms with E-state index in [1.54, 1.807) is 35.8 Å². The first kappa shape index (κ1) is 20.2. The second kappa shape index (κ2) is 9.07. The van der Waals surface area contributed by atoms with E-state index in [4.69, 9.17) is 16.3 Å². The SMILES string of the molecule is CC(Sc1nnc(COc2ccc(Cl)cc2)n1C)C(=O)Nc1ccc(F)cc1. The van der Waals surface area contributed by atoms with Gasteiger partial charge < -0.3 is 14.6 Å². The van der Waals surface area contributed by atoms with Gasteiger partial charge >= 0.3 is 0 Å². The molecule has 6 nitrogen and oxygen atoms in total. The van der Waals surface area contributed by atoms with Gasteiger partial charge in [0.25, 0.3) is 0 Å². The van der Waals surface area contributed by atoms with Crippen LogP contribution in [0, 0.1) is 5.82 Å². The summed E-state index contributed by atoms with van der Waals surface area (Å²) in [6.07, 6.45) is 0. The van der Waals surface area contributed by atoms with Gasteiger partial charge in [0.2, 0.25) is 5.91 Å². The fourth-order valence-electron chi connectivity index (χ4n) is 2.24. The van der Waals surface area contributed by atoms with E-state index in [0.717, 1.165) is 0 Å². The molecule has 0 saturated carbocycles. The Balaban J connectivity index is 1.57. The van der Waals surface area contributed by atoms with E-state index < -0.39 is 5.25 Å². The third-order valence-electron chi connectivity index (χ3n) is 3.87. The maximum absolute atomic E-state index is 13.0. The van der Waals surface area contributed by atoms with E-state index in [1.165, 1.54) is 36.0 Å². The van der Waals surface area contributed by atoms with Crippen LogP contribution in [0.15, 0.2) is 53.7 Å². The maximum Gasteiger partial charge on any atom is 0.237 e. The Labute approximate surface area is 171 Å². The Kier molecular flexibility index (Phi) is 6.53. The van der Waals surface area contributed by atoms with Crippen LogP contribution in [0.25, 0.3) is 0 Å². The standard InChI is InChI=1S/C19H18ClFN4O2S/c1-12(18(26)22-15-7-5-14(21)6-8-15)28-19-24-23-17(25(19)2)11-27-16-9-3-13(20)4-10-16/h3-10,12H,11H2,1-2H3,(H,22,26). The Bertz CT molecular complexity index is 948. The molecule has 2 aromatic carbocycles. The number of rotatable bonds is 7. The molecule has 1 amide bonds. The van der Waals surface area contributed by atoms with Crippen LogP contribution in [-0.2, 0) is 18.4 Å². The lowest BCUT2D eigenvalue weighted by Gasteiger charge is -2.12. The first-order valence-electron chi connectivity index (χ1n) is 8.42. The van der Waals surface area contributed by atoms with Crippen LogP contribution < -0.4 is 10.1 Å². The van der Waals surface area contributed by atoms with Crippen LogP contribution in [0.3, 0.4) is 0 Å². The number of benzene rings is 2. The molecule has 1 atom stereocenters. The van der Waals surface area contributed by atoms with E-state index in [2.05, 4.69) is 15.5 Å². The largest absolute Gasteiger partial charge is 0.486 e. The van der Waals surface area contributed by atoms with Crippen LogP contribution in [0.4, 0.5) is 10.1 Å². The number of carbonyl (C=O) groups excluding carboxylic acids is 1. The lowest BCUT2D eigenvalue weighted by Crippen LogP contribution is -2.22. The summed E-state index contributed by atoms with van der Waals surface area (Å²) in [5.74, 6) is 0.740. The third-order valence-corrected chi connectivity index (χ3v) is 5.26. The third kappa shape index (κ3) is 5.24. The second-order valence-electron chi connectivity index (χ2n) is 5.96. The van der Waals surface area contributed by atoms with E-state index in [9.17, 15) is 9.18 Å². The predicted octanol–water partition coefficient (Wildman–Crippen LogP) is 4.31. The van der Waals surface area contributed by atoms with E-state index in [-0.39, 0.29) is 18.3 Å². The zero-order chi connectivity index (χ0) is 20.1. The lowest BCUT2D eigenvalue weighted by atomic mass is 10.3. The van der Waals surface area contributed by atoms with Crippen molar-refractivity contribution < 1.29 is 13.9 Å². The highest BCUT2D eigenvalue weighted by molar-refractivity contribution is 8.00. The highest BCUT2D eigenvalue weighted by Crippen LogP contribution is 2.23. The number of aromatic nitrogens is 3. The van der Waals surface area contributed by atoms with Crippen molar-refractivity contribution in [1.29, 1.82) is 0 Å². The molecule has 3 aromatic rings. The van der Waals surface area contributed by atoms with Crippen molar-refractivity contribution in [3.05, 3.63) is 65.2 Å². The first-order valence-corrected chi connectivity index (χ1v) is 9.68. The molecule has 0 aliphatic heterocycles. The summed E-state index contributed by atoms with van der Waals surface area (Å²) >= 11 is 7.13. The van der Waals surface area contributed by atoms with Crippen LogP contribution in [0.2, 0.25) is 5.02 Å². The second-order valence-corrected chi connectivity index (χ2v) is 7.70. The summed E-state index contributed by atoms with van der Waals surface area (Å²) < 4.78 is 20.4. The number of thioether (sulfide) groups is 1. The van der Waals surface area contributed by atoms with Crippen molar-refractivity contribution in [2.75, 3.05) is 5.32 Å². The number of ether oxygens (including phenoxy) is 1. The summed E-state index contributed by atoms with van der Waals surface area (Å²) in [5, 5.41) is 11.8. The minimum atomic E-state index is -0.419. The number of nitrogens with one attached hydrogen (secondary N) is 1. The fourth-order valence-corrected chi connectivity index (χ4v) is 3.20. The van der Waals surface area contributed by atoms with Crippen LogP contribution in [0.5, 0.6) is 5.75 Å². The van der Waals surface area contributed by atoms with E-state index >= 15 is 0 Å². The van der Waals surface area contributed by atoms with Gasteiger partial charge in [-0.15, -0.1) is 10.2 Å². The molecule has 28 heavy (non-hydrogen) atoms. The number of nitrogens with zero attached hydrogens (tertiary/aromatic N) is 3. The topological polar surface area (TPSA) is 69.0 Å². The van der Waals surface area contributed by atoms with E-state index in [0.29, 0.717) is 27.4 Å². The minimum absolute atomic E-state index is 0.210. The smallest absolute Gasteiger partial charge is 0.237 e. The van der Waals surface area contributed by atoms with Crippen LogP contribution >= 0.6 is 23.4 Å². The molecule has 0 bridgehead atoms. The van der Waals surface area contributed by atoms with E-state index in [1.807, 2.05) is 7.05 Å². The fraction of sp³-hybridized carbons (Fsp3) is 0.211. The normalized spacial score (nSPS) is 11.9. The summed E-state index contributed by atoms with van der Waals surface area (Å²) in [5.41, 5.74) is 0.536. The molecule has 1 unspecified atom stereocenters. The molecule has 0 fully saturated rings. The number of hydrogen-bond acceptors (Lipinski definition) is 5. The Morgan fingerprint density at radius 3 is 2.57 bits per heavy atom. The summed E-state index contributed by atoms with van der Waals surface area (Å²) in [6, 6.07) is 12.7. The minimum Gasteiger partial charge on any atom is -0.486 e. The number of carbonyl (C=O) groups is 1. The van der Waals surface area contributed by atoms with Crippen molar-refractivity contribution in [3.63, 3.8) is 0 Å². The van der Waals surface area contributed by atoms with Crippen molar-refractivity contribution >= 4 is 35.0 Å². The zero-order valence-corrected chi connectivity index (χ0v) is 16.8. The van der Waals surface area contributed by atoms with Crippen molar-refractivity contribution in [1.82, 2.24) is 14.8 Å². The molecular weight excluding hydrogens is 403 g/mol. The van der Waals surface area contributed by atoms with Gasteiger partial charge in [-0.05, 0) is 55.5 Å². The van der Waals surface area contributed by atoms with Crippen molar-refractivity contribution in [3.8, 4) is 5.75 Å². The summed E-state index contributed by atoms with van der Waals surface area (Å²) in [4.78, 5) is 12.3. The number of anilines is 1. The monoisotopic (exact) mass is 420 g/mol. The molecule has 1 N–H and O–H groups in total. The predicted molar refractivity (Wildman–Crippen MR) is 107 cm³/mol. The Hall–Kier alpha value is -2.58. The Morgan fingerprint density at radius 1 is 1.21 bits per heavy atom. The lowest BCUT2D eigenvalue weighted by molar-refractivity contribution is -0.115. The van der Waals surface area contributed by atoms with Gasteiger partial charge in [-0.3, -0.25) is 4.79 Å². The highest BCUT2D eigenvalue weighted by Gasteiger charge is 2.19. The van der Waals surface area contributed by atoms with Gasteiger partial charge in [-0.1, -0.05) is 23.4 Å². The molecule has 0 radical (unpaired) electrons. The van der Waals surface area contributed by atoms with Gasteiger partial charge in [0.05, 0.1) is 5.25 Å². The van der Waals surface area contributed by atoms with Crippen LogP contribution in [-0.4, -0.2) is 25.9 Å². The molecule has 146 valence electrons. The molecule has 9 heteroatoms. The quantitative estimate of drug-likeness (QED) is 0.577. The molecule has 0 aliphatic carbocycles. The van der Waals surface area contributed by atoms with Gasteiger partial charge in [0, 0.05) is 17.8 Å². The van der Waals surface area contributed by atoms with Gasteiger partial charge in [-0.25, -0.2) is 4.39 Å². The van der Waals surface area contributed by atoms with Gasteiger partial charge in [-0.2, -0.15) is 0 Å². The molecule has 0 saturated heterocycles. The Morgan fingerprint density at radius 2 is 1.89 bits per heavy atom. The summed E-state index contributed by atoms with van der Waals surface area (Å²) in [6.45, 7) is 2.00.